The number of nitrogens with zero attached hydrogens (tertiary/aromatic N) is 1. The predicted octanol–water partition coefficient (Wildman–Crippen LogP) is 0.773. The summed E-state index contributed by atoms with van der Waals surface area (Å²) in [6.07, 6.45) is 1.78. The predicted molar refractivity (Wildman–Crippen MR) is 73.9 cm³/mol. The number of nitrogens with one attached hydrogen (secondary N) is 2. The Hall–Kier alpha value is -1.55. The third kappa shape index (κ3) is 3.23. The lowest BCUT2D eigenvalue weighted by atomic mass is 10.0. The average Bonchev–Trinajstić information content (AvgIpc) is 2.38. The van der Waals surface area contributed by atoms with Crippen LogP contribution in [0.15, 0.2) is 24.3 Å². The molecule has 0 bridgehead atoms. The minimum absolute atomic E-state index is 0.0349. The van der Waals surface area contributed by atoms with Crippen LogP contribution in [-0.4, -0.2) is 39.1 Å². The molecule has 1 aromatic rings. The van der Waals surface area contributed by atoms with Crippen LogP contribution in [0.4, 0.5) is 5.69 Å². The third-order valence-corrected chi connectivity index (χ3v) is 3.31. The summed E-state index contributed by atoms with van der Waals surface area (Å²) in [7, 11) is 4.07. The quantitative estimate of drug-likeness (QED) is 0.826. The van der Waals surface area contributed by atoms with Gasteiger partial charge in [0.05, 0.1) is 6.04 Å². The zero-order valence-corrected chi connectivity index (χ0v) is 11.1. The Morgan fingerprint density at radius 3 is 2.56 bits per heavy atom. The summed E-state index contributed by atoms with van der Waals surface area (Å²) < 4.78 is 0. The summed E-state index contributed by atoms with van der Waals surface area (Å²) in [5, 5.41) is 6.13. The van der Waals surface area contributed by atoms with Gasteiger partial charge in [-0.1, -0.05) is 12.1 Å². The van der Waals surface area contributed by atoms with Crippen LogP contribution in [0.1, 0.15) is 12.0 Å². The van der Waals surface area contributed by atoms with Gasteiger partial charge in [0.25, 0.3) is 0 Å². The van der Waals surface area contributed by atoms with Crippen molar-refractivity contribution in [3.63, 3.8) is 0 Å². The van der Waals surface area contributed by atoms with E-state index in [2.05, 4.69) is 39.8 Å². The van der Waals surface area contributed by atoms with Gasteiger partial charge in [0.2, 0.25) is 5.91 Å². The first-order valence-electron chi connectivity index (χ1n) is 6.44. The highest BCUT2D eigenvalue weighted by atomic mass is 16.2. The van der Waals surface area contributed by atoms with Crippen molar-refractivity contribution in [2.45, 2.75) is 18.9 Å². The van der Waals surface area contributed by atoms with E-state index in [9.17, 15) is 4.79 Å². The number of carbonyl (C=O) groups excluding carboxylic acids is 1. The van der Waals surface area contributed by atoms with Gasteiger partial charge in [-0.2, -0.15) is 0 Å². The summed E-state index contributed by atoms with van der Waals surface area (Å²) in [4.78, 5) is 13.7. The number of anilines is 1. The number of benzene rings is 1. The molecule has 0 spiro atoms. The number of carbonyl (C=O) groups is 1. The maximum Gasteiger partial charge on any atom is 0.237 e. The molecule has 2 N–H and O–H groups in total. The van der Waals surface area contributed by atoms with Crippen molar-refractivity contribution < 1.29 is 4.79 Å². The first kappa shape index (κ1) is 12.9. The van der Waals surface area contributed by atoms with Gasteiger partial charge in [-0.05, 0) is 30.5 Å². The fourth-order valence-electron chi connectivity index (χ4n) is 2.15. The van der Waals surface area contributed by atoms with Crippen LogP contribution in [0.2, 0.25) is 0 Å². The summed E-state index contributed by atoms with van der Waals surface area (Å²) >= 11 is 0. The van der Waals surface area contributed by atoms with Gasteiger partial charge in [-0.15, -0.1) is 0 Å². The van der Waals surface area contributed by atoms with Gasteiger partial charge in [-0.3, -0.25) is 4.79 Å². The van der Waals surface area contributed by atoms with Crippen molar-refractivity contribution in [1.29, 1.82) is 0 Å². The third-order valence-electron chi connectivity index (χ3n) is 3.31. The fourth-order valence-corrected chi connectivity index (χ4v) is 2.15. The fraction of sp³-hybridized carbons (Fsp3) is 0.500. The van der Waals surface area contributed by atoms with E-state index in [1.807, 2.05) is 14.1 Å². The number of amides is 1. The van der Waals surface area contributed by atoms with Gasteiger partial charge in [0, 0.05) is 32.9 Å². The standard InChI is InChI=1S/C14H21N3O/c1-17(2)12-6-3-11(4-7-12)5-8-13-14(18)16-10-9-15-13/h3-4,6-7,13,15H,5,8-10H2,1-2H3,(H,16,18). The van der Waals surface area contributed by atoms with E-state index in [4.69, 9.17) is 0 Å². The van der Waals surface area contributed by atoms with Crippen LogP contribution in [0.25, 0.3) is 0 Å². The summed E-state index contributed by atoms with van der Waals surface area (Å²) in [5.74, 6) is 0.131. The first-order valence-corrected chi connectivity index (χ1v) is 6.44. The molecule has 0 radical (unpaired) electrons. The Labute approximate surface area is 108 Å². The molecule has 1 aliphatic heterocycles. The van der Waals surface area contributed by atoms with Gasteiger partial charge in [0.1, 0.15) is 0 Å². The second kappa shape index (κ2) is 5.87. The highest BCUT2D eigenvalue weighted by molar-refractivity contribution is 5.82. The Balaban J connectivity index is 1.87. The number of hydrogen-bond donors (Lipinski definition) is 2. The minimum Gasteiger partial charge on any atom is -0.378 e. The number of aryl methyl sites for hydroxylation is 1. The lowest BCUT2D eigenvalue weighted by Gasteiger charge is -2.23. The Kier molecular flexibility index (Phi) is 4.20. The average molecular weight is 247 g/mol. The Morgan fingerprint density at radius 1 is 1.22 bits per heavy atom. The van der Waals surface area contributed by atoms with Crippen LogP contribution < -0.4 is 15.5 Å². The molecule has 98 valence electrons. The van der Waals surface area contributed by atoms with E-state index in [-0.39, 0.29) is 11.9 Å². The van der Waals surface area contributed by atoms with Crippen molar-refractivity contribution in [2.24, 2.45) is 0 Å². The molecule has 0 aromatic heterocycles. The molecular weight excluding hydrogens is 226 g/mol. The SMILES string of the molecule is CN(C)c1ccc(CCC2NCCNC2=O)cc1. The molecule has 2 rings (SSSR count). The number of hydrogen-bond acceptors (Lipinski definition) is 3. The lowest BCUT2D eigenvalue weighted by molar-refractivity contribution is -0.124. The molecule has 1 heterocycles. The molecule has 1 unspecified atom stereocenters. The van der Waals surface area contributed by atoms with Crippen LogP contribution in [0.3, 0.4) is 0 Å². The Bertz CT molecular complexity index is 400. The lowest BCUT2D eigenvalue weighted by Crippen LogP contribution is -2.52. The molecule has 0 saturated carbocycles. The summed E-state index contributed by atoms with van der Waals surface area (Å²) in [6, 6.07) is 8.46. The normalized spacial score (nSPS) is 19.4. The number of piperazine rings is 1. The van der Waals surface area contributed by atoms with Crippen molar-refractivity contribution in [2.75, 3.05) is 32.1 Å². The highest BCUT2D eigenvalue weighted by Crippen LogP contribution is 2.14. The van der Waals surface area contributed by atoms with Crippen LogP contribution in [0, 0.1) is 0 Å². The van der Waals surface area contributed by atoms with Crippen molar-refractivity contribution in [3.8, 4) is 0 Å². The first-order chi connectivity index (χ1) is 8.66. The zero-order chi connectivity index (χ0) is 13.0. The maximum atomic E-state index is 11.6. The van der Waals surface area contributed by atoms with E-state index in [0.717, 1.165) is 25.9 Å². The number of rotatable bonds is 4. The van der Waals surface area contributed by atoms with Gasteiger partial charge in [-0.25, -0.2) is 0 Å². The van der Waals surface area contributed by atoms with Crippen LogP contribution >= 0.6 is 0 Å². The molecule has 4 nitrogen and oxygen atoms in total. The molecule has 1 fully saturated rings. The zero-order valence-electron chi connectivity index (χ0n) is 11.1. The highest BCUT2D eigenvalue weighted by Gasteiger charge is 2.20. The van der Waals surface area contributed by atoms with Crippen molar-refractivity contribution in [3.05, 3.63) is 29.8 Å². The Morgan fingerprint density at radius 2 is 1.94 bits per heavy atom. The van der Waals surface area contributed by atoms with Crippen LogP contribution in [0.5, 0.6) is 0 Å². The molecule has 1 atom stereocenters. The van der Waals surface area contributed by atoms with Gasteiger partial charge in [0.15, 0.2) is 0 Å². The smallest absolute Gasteiger partial charge is 0.237 e. The molecule has 1 saturated heterocycles. The van der Waals surface area contributed by atoms with Crippen molar-refractivity contribution >= 4 is 11.6 Å². The molecule has 18 heavy (non-hydrogen) atoms. The van der Waals surface area contributed by atoms with E-state index in [1.54, 1.807) is 0 Å². The minimum atomic E-state index is -0.0349. The molecule has 1 amide bonds. The molecular formula is C14H21N3O. The second-order valence-electron chi connectivity index (χ2n) is 4.90. The monoisotopic (exact) mass is 247 g/mol. The topological polar surface area (TPSA) is 44.4 Å². The second-order valence-corrected chi connectivity index (χ2v) is 4.90. The van der Waals surface area contributed by atoms with Crippen LogP contribution in [-0.2, 0) is 11.2 Å². The van der Waals surface area contributed by atoms with E-state index >= 15 is 0 Å². The molecule has 1 aromatic carbocycles. The maximum absolute atomic E-state index is 11.6. The van der Waals surface area contributed by atoms with E-state index < -0.39 is 0 Å². The molecule has 1 aliphatic rings. The van der Waals surface area contributed by atoms with Gasteiger partial charge < -0.3 is 15.5 Å². The largest absolute Gasteiger partial charge is 0.378 e. The molecule has 0 aliphatic carbocycles. The van der Waals surface area contributed by atoms with E-state index in [1.165, 1.54) is 11.3 Å². The van der Waals surface area contributed by atoms with Crippen molar-refractivity contribution in [1.82, 2.24) is 10.6 Å². The van der Waals surface area contributed by atoms with E-state index in [0.29, 0.717) is 0 Å². The molecule has 4 heteroatoms. The summed E-state index contributed by atoms with van der Waals surface area (Å²) in [6.45, 7) is 1.61. The summed E-state index contributed by atoms with van der Waals surface area (Å²) in [5.41, 5.74) is 2.48. The van der Waals surface area contributed by atoms with Gasteiger partial charge >= 0.3 is 0 Å².